The van der Waals surface area contributed by atoms with Crippen LogP contribution in [0.1, 0.15) is 48.1 Å². The third-order valence-corrected chi connectivity index (χ3v) is 4.27. The Kier molecular flexibility index (Phi) is 4.71. The summed E-state index contributed by atoms with van der Waals surface area (Å²) >= 11 is 0. The number of pyridine rings is 1. The number of aromatic amines is 1. The molecule has 0 aromatic carbocycles. The molecule has 0 aliphatic carbocycles. The van der Waals surface area contributed by atoms with E-state index in [-0.39, 0.29) is 12.5 Å². The Balaban J connectivity index is 1.77. The molecule has 23 heavy (non-hydrogen) atoms. The summed E-state index contributed by atoms with van der Waals surface area (Å²) in [5.41, 5.74) is 3.06. The number of nitrogens with one attached hydrogen (secondary N) is 1. The molecule has 1 saturated heterocycles. The number of aryl methyl sites for hydroxylation is 2. The highest BCUT2D eigenvalue weighted by atomic mass is 16.4. The molecule has 0 spiro atoms. The minimum atomic E-state index is -0.763. The molecular formula is C17H22N4O2. The van der Waals surface area contributed by atoms with Gasteiger partial charge in [0.1, 0.15) is 5.82 Å². The van der Waals surface area contributed by atoms with Gasteiger partial charge in [0.15, 0.2) is 0 Å². The number of aromatic nitrogens is 3. The first-order valence-electron chi connectivity index (χ1n) is 8.03. The first kappa shape index (κ1) is 15.7. The zero-order valence-corrected chi connectivity index (χ0v) is 13.3. The summed E-state index contributed by atoms with van der Waals surface area (Å²) < 4.78 is 0. The lowest BCUT2D eigenvalue weighted by atomic mass is 10.0. The van der Waals surface area contributed by atoms with Gasteiger partial charge in [0.05, 0.1) is 18.3 Å². The summed E-state index contributed by atoms with van der Waals surface area (Å²) in [5.74, 6) is 0.206. The van der Waals surface area contributed by atoms with Crippen LogP contribution in [0.4, 0.5) is 0 Å². The molecule has 0 amide bonds. The van der Waals surface area contributed by atoms with E-state index in [1.165, 1.54) is 0 Å². The van der Waals surface area contributed by atoms with Crippen molar-refractivity contribution in [1.82, 2.24) is 19.9 Å². The van der Waals surface area contributed by atoms with E-state index in [9.17, 15) is 4.79 Å². The number of carbonyl (C=O) groups is 1. The van der Waals surface area contributed by atoms with E-state index in [1.54, 1.807) is 6.20 Å². The van der Waals surface area contributed by atoms with Gasteiger partial charge in [0.25, 0.3) is 0 Å². The van der Waals surface area contributed by atoms with Crippen LogP contribution < -0.4 is 0 Å². The van der Waals surface area contributed by atoms with Crippen LogP contribution in [-0.4, -0.2) is 37.5 Å². The third kappa shape index (κ3) is 3.96. The highest BCUT2D eigenvalue weighted by Gasteiger charge is 2.28. The van der Waals surface area contributed by atoms with Crippen molar-refractivity contribution in [2.24, 2.45) is 0 Å². The van der Waals surface area contributed by atoms with E-state index < -0.39 is 5.97 Å². The number of hydrogen-bond donors (Lipinski definition) is 2. The maximum atomic E-state index is 10.8. The zero-order chi connectivity index (χ0) is 16.2. The van der Waals surface area contributed by atoms with E-state index in [2.05, 4.69) is 20.9 Å². The predicted octanol–water partition coefficient (Wildman–Crippen LogP) is 2.47. The van der Waals surface area contributed by atoms with Crippen LogP contribution >= 0.6 is 0 Å². The van der Waals surface area contributed by atoms with Crippen molar-refractivity contribution in [3.05, 3.63) is 47.3 Å². The fourth-order valence-electron chi connectivity index (χ4n) is 3.26. The average molecular weight is 314 g/mol. The van der Waals surface area contributed by atoms with Crippen molar-refractivity contribution >= 4 is 5.97 Å². The highest BCUT2D eigenvalue weighted by molar-refractivity contribution is 5.67. The van der Waals surface area contributed by atoms with Crippen LogP contribution in [0, 0.1) is 6.92 Å². The van der Waals surface area contributed by atoms with Crippen molar-refractivity contribution in [3.8, 4) is 0 Å². The number of rotatable bonds is 6. The highest BCUT2D eigenvalue weighted by Crippen LogP contribution is 2.32. The Labute approximate surface area is 135 Å². The summed E-state index contributed by atoms with van der Waals surface area (Å²) in [6, 6.07) is 4.34. The van der Waals surface area contributed by atoms with Gasteiger partial charge in [-0.1, -0.05) is 0 Å². The molecule has 3 heterocycles. The summed E-state index contributed by atoms with van der Waals surface area (Å²) in [5, 5.41) is 8.88. The van der Waals surface area contributed by atoms with Gasteiger partial charge < -0.3 is 10.1 Å². The summed E-state index contributed by atoms with van der Waals surface area (Å²) in [6.07, 6.45) is 6.55. The number of hydrogen-bond acceptors (Lipinski definition) is 4. The summed E-state index contributed by atoms with van der Waals surface area (Å²) in [4.78, 5) is 25.3. The molecule has 3 rings (SSSR count). The van der Waals surface area contributed by atoms with Gasteiger partial charge in [-0.05, 0) is 50.4 Å². The van der Waals surface area contributed by atoms with Crippen molar-refractivity contribution in [3.63, 3.8) is 0 Å². The molecule has 2 aromatic rings. The molecular weight excluding hydrogens is 292 g/mol. The Bertz CT molecular complexity index is 669. The van der Waals surface area contributed by atoms with Crippen molar-refractivity contribution < 1.29 is 9.90 Å². The van der Waals surface area contributed by atoms with Crippen LogP contribution in [0.5, 0.6) is 0 Å². The monoisotopic (exact) mass is 314 g/mol. The second-order valence-corrected chi connectivity index (χ2v) is 6.10. The number of aliphatic carboxylic acids is 1. The Hall–Kier alpha value is -2.21. The molecule has 1 fully saturated rings. The normalized spacial score (nSPS) is 18.4. The summed E-state index contributed by atoms with van der Waals surface area (Å²) in [6.45, 7) is 3.79. The third-order valence-electron chi connectivity index (χ3n) is 4.27. The number of H-pyrrole nitrogens is 1. The fraction of sp³-hybridized carbons (Fsp3) is 0.471. The smallest absolute Gasteiger partial charge is 0.303 e. The lowest BCUT2D eigenvalue weighted by Crippen LogP contribution is -2.24. The van der Waals surface area contributed by atoms with Crippen molar-refractivity contribution in [1.29, 1.82) is 0 Å². The molecule has 6 nitrogen and oxygen atoms in total. The van der Waals surface area contributed by atoms with Crippen LogP contribution in [-0.2, 0) is 17.8 Å². The van der Waals surface area contributed by atoms with Gasteiger partial charge >= 0.3 is 5.97 Å². The molecule has 0 unspecified atom stereocenters. The molecule has 2 aromatic heterocycles. The second kappa shape index (κ2) is 6.91. The van der Waals surface area contributed by atoms with Gasteiger partial charge in [0, 0.05) is 24.5 Å². The predicted molar refractivity (Wildman–Crippen MR) is 85.9 cm³/mol. The van der Waals surface area contributed by atoms with Gasteiger partial charge in [0.2, 0.25) is 0 Å². The molecule has 122 valence electrons. The van der Waals surface area contributed by atoms with E-state index in [4.69, 9.17) is 10.1 Å². The van der Waals surface area contributed by atoms with Crippen molar-refractivity contribution in [2.75, 3.05) is 6.54 Å². The largest absolute Gasteiger partial charge is 0.481 e. The number of nitrogens with zero attached hydrogens (tertiary/aromatic N) is 3. The summed E-state index contributed by atoms with van der Waals surface area (Å²) in [7, 11) is 0. The maximum Gasteiger partial charge on any atom is 0.303 e. The van der Waals surface area contributed by atoms with Crippen LogP contribution in [0.15, 0.2) is 24.5 Å². The Morgan fingerprint density at radius 2 is 2.35 bits per heavy atom. The first-order chi connectivity index (χ1) is 11.1. The average Bonchev–Trinajstić information content (AvgIpc) is 3.17. The second-order valence-electron chi connectivity index (χ2n) is 6.10. The Morgan fingerprint density at radius 1 is 1.48 bits per heavy atom. The first-order valence-corrected chi connectivity index (χ1v) is 8.03. The topological polar surface area (TPSA) is 82.1 Å². The van der Waals surface area contributed by atoms with Crippen LogP contribution in [0.3, 0.4) is 0 Å². The molecule has 1 aliphatic rings. The maximum absolute atomic E-state index is 10.8. The van der Waals surface area contributed by atoms with Gasteiger partial charge in [-0.15, -0.1) is 0 Å². The Morgan fingerprint density at radius 3 is 3.09 bits per heavy atom. The number of imidazole rings is 1. The minimum absolute atomic E-state index is 0.156. The van der Waals surface area contributed by atoms with Crippen LogP contribution in [0.2, 0.25) is 0 Å². The molecule has 0 bridgehead atoms. The molecule has 1 atom stereocenters. The van der Waals surface area contributed by atoms with Gasteiger partial charge in [-0.3, -0.25) is 14.7 Å². The number of carboxylic acids is 1. The minimum Gasteiger partial charge on any atom is -0.481 e. The van der Waals surface area contributed by atoms with E-state index in [0.29, 0.717) is 6.42 Å². The van der Waals surface area contributed by atoms with Crippen LogP contribution in [0.25, 0.3) is 0 Å². The lowest BCUT2D eigenvalue weighted by Gasteiger charge is -2.23. The molecule has 1 aliphatic heterocycles. The van der Waals surface area contributed by atoms with Gasteiger partial charge in [-0.25, -0.2) is 4.98 Å². The molecule has 0 saturated carbocycles. The zero-order valence-electron chi connectivity index (χ0n) is 13.3. The fourth-order valence-corrected chi connectivity index (χ4v) is 3.26. The molecule has 0 radical (unpaired) electrons. The quantitative estimate of drug-likeness (QED) is 0.856. The SMILES string of the molecule is Cc1cc(CCC(=O)O)cc([C@@H]2CCCN2Cc2ncc[nH]2)n1. The van der Waals surface area contributed by atoms with E-state index in [0.717, 1.165) is 48.7 Å². The number of carboxylic acid groups (broad SMARTS) is 1. The van der Waals surface area contributed by atoms with E-state index >= 15 is 0 Å². The van der Waals surface area contributed by atoms with Crippen molar-refractivity contribution in [2.45, 2.75) is 45.2 Å². The molecule has 6 heteroatoms. The standard InChI is InChI=1S/C17H22N4O2/c1-12-9-13(4-5-17(22)23)10-14(20-12)15-3-2-8-21(15)11-16-18-6-7-19-16/h6-7,9-10,15H,2-5,8,11H2,1H3,(H,18,19)(H,22,23)/t15-/m0/s1. The van der Waals surface area contributed by atoms with E-state index in [1.807, 2.05) is 19.2 Å². The van der Waals surface area contributed by atoms with Gasteiger partial charge in [-0.2, -0.15) is 0 Å². The number of likely N-dealkylation sites (tertiary alicyclic amines) is 1. The molecule has 2 N–H and O–H groups in total. The lowest BCUT2D eigenvalue weighted by molar-refractivity contribution is -0.136.